The second-order valence-electron chi connectivity index (χ2n) is 3.78. The second-order valence-corrected chi connectivity index (χ2v) is 5.03. The quantitative estimate of drug-likeness (QED) is 0.551. The van der Waals surface area contributed by atoms with Crippen LogP contribution < -0.4 is 0 Å². The molecule has 0 saturated heterocycles. The molecule has 0 unspecified atom stereocenters. The Morgan fingerprint density at radius 2 is 1.60 bits per heavy atom. The van der Waals surface area contributed by atoms with E-state index in [1.807, 2.05) is 6.07 Å². The molecule has 0 radical (unpaired) electrons. The van der Waals surface area contributed by atoms with Crippen molar-refractivity contribution in [2.24, 2.45) is 0 Å². The first-order valence-electron chi connectivity index (χ1n) is 4.81. The largest absolute Gasteiger partial charge is 0.207 e. The highest BCUT2D eigenvalue weighted by molar-refractivity contribution is 14.1. The van der Waals surface area contributed by atoms with E-state index in [1.165, 1.54) is 26.3 Å². The van der Waals surface area contributed by atoms with Crippen molar-refractivity contribution >= 4 is 22.6 Å². The van der Waals surface area contributed by atoms with Crippen molar-refractivity contribution in [3.05, 3.63) is 56.9 Å². The molecule has 0 aromatic heterocycles. The molecule has 2 heteroatoms. The molecule has 0 saturated carbocycles. The van der Waals surface area contributed by atoms with Crippen LogP contribution in [0.5, 0.6) is 0 Å². The first-order valence-corrected chi connectivity index (χ1v) is 5.89. The van der Waals surface area contributed by atoms with Crippen LogP contribution in [0.15, 0.2) is 36.4 Å². The molecule has 0 nitrogen and oxygen atoms in total. The third-order valence-electron chi connectivity index (χ3n) is 2.81. The number of benzene rings is 2. The van der Waals surface area contributed by atoms with Gasteiger partial charge in [0.05, 0.1) is 0 Å². The minimum atomic E-state index is -0.142. The Bertz CT molecular complexity index is 497. The summed E-state index contributed by atoms with van der Waals surface area (Å²) in [5, 5.41) is 0. The van der Waals surface area contributed by atoms with E-state index in [0.29, 0.717) is 0 Å². The zero-order valence-corrected chi connectivity index (χ0v) is 10.1. The fourth-order valence-electron chi connectivity index (χ4n) is 2.15. The van der Waals surface area contributed by atoms with Crippen molar-refractivity contribution in [1.82, 2.24) is 0 Å². The number of fused-ring (bicyclic) bond motifs is 3. The second kappa shape index (κ2) is 3.30. The van der Waals surface area contributed by atoms with Gasteiger partial charge in [0.2, 0.25) is 0 Å². The molecule has 1 aliphatic rings. The topological polar surface area (TPSA) is 0 Å². The summed E-state index contributed by atoms with van der Waals surface area (Å²) in [5.41, 5.74) is 4.85. The number of hydrogen-bond donors (Lipinski definition) is 0. The number of hydrogen-bond acceptors (Lipinski definition) is 0. The fraction of sp³-hybridized carbons (Fsp3) is 0.0769. The average molecular weight is 310 g/mol. The zero-order chi connectivity index (χ0) is 10.4. The van der Waals surface area contributed by atoms with Crippen molar-refractivity contribution in [2.75, 3.05) is 0 Å². The van der Waals surface area contributed by atoms with E-state index in [-0.39, 0.29) is 5.82 Å². The summed E-state index contributed by atoms with van der Waals surface area (Å²) in [4.78, 5) is 0. The summed E-state index contributed by atoms with van der Waals surface area (Å²) in [6.07, 6.45) is 0.860. The monoisotopic (exact) mass is 310 g/mol. The fourth-order valence-corrected chi connectivity index (χ4v) is 2.70. The predicted octanol–water partition coefficient (Wildman–Crippen LogP) is 4.00. The van der Waals surface area contributed by atoms with Gasteiger partial charge in [-0.15, -0.1) is 0 Å². The molecule has 2 aromatic carbocycles. The Morgan fingerprint density at radius 1 is 0.933 bits per heavy atom. The van der Waals surface area contributed by atoms with Crippen LogP contribution in [-0.2, 0) is 6.42 Å². The maximum atomic E-state index is 13.1. The van der Waals surface area contributed by atoms with Gasteiger partial charge in [-0.2, -0.15) is 0 Å². The molecule has 0 spiro atoms. The molecule has 0 heterocycles. The highest BCUT2D eigenvalue weighted by atomic mass is 127. The normalized spacial score (nSPS) is 12.4. The summed E-state index contributed by atoms with van der Waals surface area (Å²) >= 11 is 2.31. The van der Waals surface area contributed by atoms with E-state index in [2.05, 4.69) is 40.8 Å². The first-order chi connectivity index (χ1) is 7.24. The molecule has 15 heavy (non-hydrogen) atoms. The van der Waals surface area contributed by atoms with E-state index in [0.717, 1.165) is 12.0 Å². The average Bonchev–Trinajstić information content (AvgIpc) is 2.53. The van der Waals surface area contributed by atoms with E-state index in [4.69, 9.17) is 0 Å². The first kappa shape index (κ1) is 9.33. The van der Waals surface area contributed by atoms with Gasteiger partial charge in [0, 0.05) is 3.57 Å². The lowest BCUT2D eigenvalue weighted by Gasteiger charge is -2.00. The van der Waals surface area contributed by atoms with Crippen LogP contribution in [0.1, 0.15) is 11.1 Å². The molecule has 3 rings (SSSR count). The van der Waals surface area contributed by atoms with Crippen LogP contribution in [0, 0.1) is 9.39 Å². The minimum Gasteiger partial charge on any atom is -0.207 e. The Balaban J connectivity index is 2.24. The molecule has 0 amide bonds. The molecule has 1 aliphatic carbocycles. The van der Waals surface area contributed by atoms with Gasteiger partial charge >= 0.3 is 0 Å². The maximum absolute atomic E-state index is 13.1. The molecular formula is C13H8FI. The summed E-state index contributed by atoms with van der Waals surface area (Å²) in [6.45, 7) is 0. The van der Waals surface area contributed by atoms with Gasteiger partial charge in [0.1, 0.15) is 5.82 Å². The lowest BCUT2D eigenvalue weighted by molar-refractivity contribution is 0.626. The molecule has 0 aliphatic heterocycles. The summed E-state index contributed by atoms with van der Waals surface area (Å²) in [7, 11) is 0. The van der Waals surface area contributed by atoms with Gasteiger partial charge in [0.15, 0.2) is 0 Å². The Labute approximate surface area is 101 Å². The van der Waals surface area contributed by atoms with Crippen LogP contribution in [0.3, 0.4) is 0 Å². The van der Waals surface area contributed by atoms with Crippen molar-refractivity contribution in [2.45, 2.75) is 6.42 Å². The van der Waals surface area contributed by atoms with Crippen LogP contribution >= 0.6 is 22.6 Å². The Hall–Kier alpha value is -0.900. The third kappa shape index (κ3) is 1.47. The Kier molecular flexibility index (Phi) is 2.06. The predicted molar refractivity (Wildman–Crippen MR) is 67.4 cm³/mol. The van der Waals surface area contributed by atoms with Crippen molar-refractivity contribution in [3.8, 4) is 11.1 Å². The van der Waals surface area contributed by atoms with Gasteiger partial charge in [-0.05, 0) is 75.5 Å². The maximum Gasteiger partial charge on any atom is 0.123 e. The zero-order valence-electron chi connectivity index (χ0n) is 7.93. The van der Waals surface area contributed by atoms with Gasteiger partial charge in [-0.3, -0.25) is 0 Å². The molecule has 74 valence electrons. The summed E-state index contributed by atoms with van der Waals surface area (Å²) in [6, 6.07) is 11.4. The SMILES string of the molecule is Fc1ccc2c(c1)Cc1cc(I)ccc1-2. The van der Waals surface area contributed by atoms with Gasteiger partial charge < -0.3 is 0 Å². The van der Waals surface area contributed by atoms with Crippen LogP contribution in [-0.4, -0.2) is 0 Å². The molecule has 0 fully saturated rings. The third-order valence-corrected chi connectivity index (χ3v) is 3.48. The number of halogens is 2. The van der Waals surface area contributed by atoms with Crippen LogP contribution in [0.25, 0.3) is 11.1 Å². The van der Waals surface area contributed by atoms with Gasteiger partial charge in [0.25, 0.3) is 0 Å². The summed E-state index contributed by atoms with van der Waals surface area (Å²) in [5.74, 6) is -0.142. The lowest BCUT2D eigenvalue weighted by atomic mass is 10.1. The molecular weight excluding hydrogens is 302 g/mol. The van der Waals surface area contributed by atoms with Crippen molar-refractivity contribution in [3.63, 3.8) is 0 Å². The van der Waals surface area contributed by atoms with Crippen molar-refractivity contribution in [1.29, 1.82) is 0 Å². The minimum absolute atomic E-state index is 0.142. The van der Waals surface area contributed by atoms with Crippen LogP contribution in [0.2, 0.25) is 0 Å². The highest BCUT2D eigenvalue weighted by Crippen LogP contribution is 2.37. The van der Waals surface area contributed by atoms with E-state index < -0.39 is 0 Å². The van der Waals surface area contributed by atoms with E-state index >= 15 is 0 Å². The molecule has 0 N–H and O–H groups in total. The Morgan fingerprint density at radius 3 is 2.40 bits per heavy atom. The molecule has 0 bridgehead atoms. The highest BCUT2D eigenvalue weighted by Gasteiger charge is 2.18. The van der Waals surface area contributed by atoms with Crippen molar-refractivity contribution < 1.29 is 4.39 Å². The smallest absolute Gasteiger partial charge is 0.123 e. The van der Waals surface area contributed by atoms with Gasteiger partial charge in [-0.25, -0.2) is 4.39 Å². The van der Waals surface area contributed by atoms with E-state index in [1.54, 1.807) is 6.07 Å². The molecule has 2 aromatic rings. The number of rotatable bonds is 0. The van der Waals surface area contributed by atoms with E-state index in [9.17, 15) is 4.39 Å². The van der Waals surface area contributed by atoms with Crippen LogP contribution in [0.4, 0.5) is 4.39 Å². The summed E-state index contributed by atoms with van der Waals surface area (Å²) < 4.78 is 14.3. The standard InChI is InChI=1S/C13H8FI/c14-10-1-3-12-8(6-10)5-9-7-11(15)2-4-13(9)12/h1-4,6-7H,5H2. The van der Waals surface area contributed by atoms with Gasteiger partial charge in [-0.1, -0.05) is 12.1 Å². The molecule has 0 atom stereocenters. The lowest BCUT2D eigenvalue weighted by Crippen LogP contribution is -1.82.